The predicted octanol–water partition coefficient (Wildman–Crippen LogP) is 2.50. The SMILES string of the molecule is C=CCn1c(-c2cccnc2)nn(CN2CCC(C(=O)OC)CC2)c1=S. The van der Waals surface area contributed by atoms with Crippen LogP contribution in [0.3, 0.4) is 0 Å². The molecule has 8 heteroatoms. The minimum Gasteiger partial charge on any atom is -0.469 e. The van der Waals surface area contributed by atoms with E-state index in [2.05, 4.69) is 16.5 Å². The number of aromatic nitrogens is 4. The number of carbonyl (C=O) groups is 1. The summed E-state index contributed by atoms with van der Waals surface area (Å²) >= 11 is 5.62. The van der Waals surface area contributed by atoms with E-state index >= 15 is 0 Å². The van der Waals surface area contributed by atoms with E-state index in [1.165, 1.54) is 7.11 Å². The van der Waals surface area contributed by atoms with Gasteiger partial charge in [0, 0.05) is 37.6 Å². The molecule has 26 heavy (non-hydrogen) atoms. The molecule has 0 radical (unpaired) electrons. The minimum absolute atomic E-state index is 0.00602. The molecule has 0 saturated carbocycles. The molecule has 1 fully saturated rings. The van der Waals surface area contributed by atoms with Crippen molar-refractivity contribution in [3.63, 3.8) is 0 Å². The maximum Gasteiger partial charge on any atom is 0.308 e. The topological polar surface area (TPSA) is 65.2 Å². The number of piperidine rings is 1. The Morgan fingerprint density at radius 1 is 1.46 bits per heavy atom. The Bertz CT molecular complexity index is 822. The van der Waals surface area contributed by atoms with Crippen LogP contribution in [0.25, 0.3) is 11.4 Å². The first-order chi connectivity index (χ1) is 12.6. The number of methoxy groups -OCH3 is 1. The average Bonchev–Trinajstić information content (AvgIpc) is 2.99. The van der Waals surface area contributed by atoms with Crippen LogP contribution in [0.4, 0.5) is 0 Å². The Morgan fingerprint density at radius 2 is 2.23 bits per heavy atom. The van der Waals surface area contributed by atoms with Gasteiger partial charge in [-0.15, -0.1) is 6.58 Å². The third-order valence-corrected chi connectivity index (χ3v) is 5.04. The zero-order valence-electron chi connectivity index (χ0n) is 14.9. The van der Waals surface area contributed by atoms with Crippen molar-refractivity contribution in [2.75, 3.05) is 20.2 Å². The Kier molecular flexibility index (Phi) is 5.95. The second-order valence-electron chi connectivity index (χ2n) is 6.30. The zero-order valence-corrected chi connectivity index (χ0v) is 15.7. The lowest BCUT2D eigenvalue weighted by Gasteiger charge is -2.30. The summed E-state index contributed by atoms with van der Waals surface area (Å²) in [6.07, 6.45) is 6.91. The summed E-state index contributed by atoms with van der Waals surface area (Å²) in [5, 5.41) is 4.72. The lowest BCUT2D eigenvalue weighted by atomic mass is 9.97. The fourth-order valence-electron chi connectivity index (χ4n) is 3.20. The van der Waals surface area contributed by atoms with Gasteiger partial charge < -0.3 is 4.74 Å². The van der Waals surface area contributed by atoms with Gasteiger partial charge in [-0.05, 0) is 37.2 Å². The van der Waals surface area contributed by atoms with E-state index < -0.39 is 0 Å². The van der Waals surface area contributed by atoms with Crippen LogP contribution in [0.1, 0.15) is 12.8 Å². The first-order valence-electron chi connectivity index (χ1n) is 8.63. The van der Waals surface area contributed by atoms with E-state index in [-0.39, 0.29) is 11.9 Å². The Balaban J connectivity index is 1.78. The lowest BCUT2D eigenvalue weighted by molar-refractivity contribution is -0.147. The van der Waals surface area contributed by atoms with Crippen LogP contribution >= 0.6 is 12.2 Å². The molecule has 0 aliphatic carbocycles. The minimum atomic E-state index is -0.115. The maximum atomic E-state index is 11.7. The molecule has 2 aromatic heterocycles. The highest BCUT2D eigenvalue weighted by Crippen LogP contribution is 2.21. The van der Waals surface area contributed by atoms with E-state index in [1.807, 2.05) is 27.5 Å². The smallest absolute Gasteiger partial charge is 0.308 e. The van der Waals surface area contributed by atoms with Gasteiger partial charge >= 0.3 is 5.97 Å². The van der Waals surface area contributed by atoms with E-state index in [0.29, 0.717) is 18.0 Å². The van der Waals surface area contributed by atoms with Crippen LogP contribution in [-0.2, 0) is 22.7 Å². The van der Waals surface area contributed by atoms with E-state index in [4.69, 9.17) is 22.1 Å². The second-order valence-corrected chi connectivity index (χ2v) is 6.67. The van der Waals surface area contributed by atoms with Gasteiger partial charge in [-0.25, -0.2) is 4.68 Å². The van der Waals surface area contributed by atoms with Gasteiger partial charge in [-0.1, -0.05) is 6.08 Å². The molecular weight excluding hydrogens is 350 g/mol. The number of nitrogens with zero attached hydrogens (tertiary/aromatic N) is 5. The fourth-order valence-corrected chi connectivity index (χ4v) is 3.46. The van der Waals surface area contributed by atoms with Crippen molar-refractivity contribution in [1.29, 1.82) is 0 Å². The highest BCUT2D eigenvalue weighted by molar-refractivity contribution is 7.71. The molecule has 7 nitrogen and oxygen atoms in total. The van der Waals surface area contributed by atoms with Crippen molar-refractivity contribution >= 4 is 18.2 Å². The number of esters is 1. The fraction of sp³-hybridized carbons (Fsp3) is 0.444. The van der Waals surface area contributed by atoms with E-state index in [1.54, 1.807) is 12.4 Å². The van der Waals surface area contributed by atoms with Gasteiger partial charge in [0.15, 0.2) is 10.6 Å². The summed E-state index contributed by atoms with van der Waals surface area (Å²) in [5.41, 5.74) is 0.920. The highest BCUT2D eigenvalue weighted by Gasteiger charge is 2.26. The van der Waals surface area contributed by atoms with Gasteiger partial charge in [-0.3, -0.25) is 19.2 Å². The monoisotopic (exact) mass is 373 g/mol. The molecule has 0 atom stereocenters. The molecule has 0 bridgehead atoms. The number of allylic oxidation sites excluding steroid dienone is 1. The van der Waals surface area contributed by atoms with Crippen LogP contribution in [0, 0.1) is 10.7 Å². The molecule has 1 aliphatic rings. The van der Waals surface area contributed by atoms with Gasteiger partial charge in [-0.2, -0.15) is 5.10 Å². The summed E-state index contributed by atoms with van der Waals surface area (Å²) in [4.78, 5) is 18.1. The number of pyridine rings is 1. The van der Waals surface area contributed by atoms with Crippen molar-refractivity contribution in [1.82, 2.24) is 24.2 Å². The molecule has 0 amide bonds. The molecule has 1 aliphatic heterocycles. The molecule has 138 valence electrons. The maximum absolute atomic E-state index is 11.7. The Labute approximate surface area is 157 Å². The first-order valence-corrected chi connectivity index (χ1v) is 9.04. The molecule has 1 saturated heterocycles. The van der Waals surface area contributed by atoms with Crippen molar-refractivity contribution in [3.8, 4) is 11.4 Å². The summed E-state index contributed by atoms with van der Waals surface area (Å²) < 4.78 is 9.29. The molecular formula is C18H23N5O2S. The molecule has 0 aromatic carbocycles. The standard InChI is InChI=1S/C18H23N5O2S/c1-3-9-22-16(15-5-4-8-19-12-15)20-23(18(22)26)13-21-10-6-14(7-11-21)17(24)25-2/h3-5,8,12,14H,1,6-7,9-11,13H2,2H3. The summed E-state index contributed by atoms with van der Waals surface area (Å²) in [5.74, 6) is 0.663. The average molecular weight is 373 g/mol. The predicted molar refractivity (Wildman–Crippen MR) is 101 cm³/mol. The number of likely N-dealkylation sites (tertiary alicyclic amines) is 1. The molecule has 3 heterocycles. The number of hydrogen-bond donors (Lipinski definition) is 0. The third kappa shape index (κ3) is 3.91. The zero-order chi connectivity index (χ0) is 18.5. The summed E-state index contributed by atoms with van der Waals surface area (Å²) in [7, 11) is 1.44. The van der Waals surface area contributed by atoms with Crippen LogP contribution in [-0.4, -0.2) is 50.4 Å². The summed E-state index contributed by atoms with van der Waals surface area (Å²) in [6, 6.07) is 3.85. The van der Waals surface area contributed by atoms with Crippen LogP contribution in [0.5, 0.6) is 0 Å². The number of hydrogen-bond acceptors (Lipinski definition) is 6. The highest BCUT2D eigenvalue weighted by atomic mass is 32.1. The van der Waals surface area contributed by atoms with Crippen molar-refractivity contribution in [2.45, 2.75) is 26.1 Å². The molecule has 2 aromatic rings. The van der Waals surface area contributed by atoms with Crippen LogP contribution in [0.2, 0.25) is 0 Å². The Morgan fingerprint density at radius 3 is 2.85 bits per heavy atom. The van der Waals surface area contributed by atoms with E-state index in [0.717, 1.165) is 37.3 Å². The molecule has 0 unspecified atom stereocenters. The molecule has 3 rings (SSSR count). The first kappa shape index (κ1) is 18.5. The quantitative estimate of drug-likeness (QED) is 0.440. The van der Waals surface area contributed by atoms with Gasteiger partial charge in [0.25, 0.3) is 0 Å². The summed E-state index contributed by atoms with van der Waals surface area (Å²) in [6.45, 7) is 6.64. The van der Waals surface area contributed by atoms with Gasteiger partial charge in [0.2, 0.25) is 0 Å². The normalized spacial score (nSPS) is 15.7. The van der Waals surface area contributed by atoms with Crippen LogP contribution in [0.15, 0.2) is 37.2 Å². The van der Waals surface area contributed by atoms with Gasteiger partial charge in [0.1, 0.15) is 0 Å². The van der Waals surface area contributed by atoms with Crippen molar-refractivity contribution in [3.05, 3.63) is 42.0 Å². The number of carbonyl (C=O) groups excluding carboxylic acids is 1. The Hall–Kier alpha value is -2.32. The third-order valence-electron chi connectivity index (χ3n) is 4.61. The van der Waals surface area contributed by atoms with Crippen molar-refractivity contribution in [2.24, 2.45) is 5.92 Å². The number of rotatable bonds is 6. The molecule has 0 N–H and O–H groups in total. The molecule has 0 spiro atoms. The largest absolute Gasteiger partial charge is 0.469 e. The lowest BCUT2D eigenvalue weighted by Crippen LogP contribution is -2.38. The second kappa shape index (κ2) is 8.37. The van der Waals surface area contributed by atoms with Crippen molar-refractivity contribution < 1.29 is 9.53 Å². The van der Waals surface area contributed by atoms with E-state index in [9.17, 15) is 4.79 Å². The number of ether oxygens (including phenoxy) is 1. The van der Waals surface area contributed by atoms with Crippen LogP contribution < -0.4 is 0 Å². The van der Waals surface area contributed by atoms with Gasteiger partial charge in [0.05, 0.1) is 19.7 Å².